The number of nitriles is 1. The van der Waals surface area contributed by atoms with E-state index in [0.29, 0.717) is 10.9 Å². The summed E-state index contributed by atoms with van der Waals surface area (Å²) in [5.41, 5.74) is 2.11. The molecule has 14 heavy (non-hydrogen) atoms. The third kappa shape index (κ3) is 3.08. The van der Waals surface area contributed by atoms with Crippen molar-refractivity contribution in [3.8, 4) is 6.07 Å². The van der Waals surface area contributed by atoms with Gasteiger partial charge in [0.15, 0.2) is 0 Å². The molecule has 0 aliphatic rings. The van der Waals surface area contributed by atoms with Gasteiger partial charge in [-0.3, -0.25) is 0 Å². The fourth-order valence-corrected chi connectivity index (χ4v) is 2.80. The van der Waals surface area contributed by atoms with Crippen molar-refractivity contribution in [2.24, 2.45) is 0 Å². The van der Waals surface area contributed by atoms with Gasteiger partial charge in [-0.1, -0.05) is 12.1 Å². The lowest BCUT2D eigenvalue weighted by molar-refractivity contribution is 1.32. The van der Waals surface area contributed by atoms with E-state index in [9.17, 15) is 0 Å². The smallest absolute Gasteiger partial charge is 0.133 e. The largest absolute Gasteiger partial charge is 0.192 e. The van der Waals surface area contributed by atoms with Gasteiger partial charge in [0.1, 0.15) is 17.3 Å². The van der Waals surface area contributed by atoms with Crippen molar-refractivity contribution in [3.63, 3.8) is 0 Å². The van der Waals surface area contributed by atoms with E-state index >= 15 is 0 Å². The molecule has 1 rings (SSSR count). The zero-order chi connectivity index (χ0) is 10.4. The van der Waals surface area contributed by atoms with Crippen LogP contribution in [0.3, 0.4) is 0 Å². The third-order valence-electron chi connectivity index (χ3n) is 2.27. The molecule has 0 aliphatic carbocycles. The van der Waals surface area contributed by atoms with Gasteiger partial charge < -0.3 is 0 Å². The van der Waals surface area contributed by atoms with Gasteiger partial charge >= 0.3 is 0 Å². The molecule has 0 radical (unpaired) electrons. The monoisotopic (exact) mass is 206 g/mol. The lowest BCUT2D eigenvalue weighted by Crippen LogP contribution is -2.10. The Morgan fingerprint density at radius 3 is 2.14 bits per heavy atom. The van der Waals surface area contributed by atoms with E-state index in [1.54, 1.807) is 0 Å². The maximum Gasteiger partial charge on any atom is 0.133 e. The van der Waals surface area contributed by atoms with E-state index < -0.39 is 0 Å². The van der Waals surface area contributed by atoms with E-state index in [4.69, 9.17) is 5.26 Å². The van der Waals surface area contributed by atoms with Crippen LogP contribution < -0.4 is 0 Å². The summed E-state index contributed by atoms with van der Waals surface area (Å²) in [6.45, 7) is 4.49. The minimum absolute atomic E-state index is 0.519. The molecule has 0 saturated carbocycles. The van der Waals surface area contributed by atoms with Crippen LogP contribution in [0.4, 0.5) is 0 Å². The van der Waals surface area contributed by atoms with Gasteiger partial charge in [-0.05, 0) is 36.9 Å². The lowest BCUT2D eigenvalue weighted by atomic mass is 10.2. The number of rotatable bonds is 4. The summed E-state index contributed by atoms with van der Waals surface area (Å²) >= 11 is 0. The molecule has 0 atom stereocenters. The van der Waals surface area contributed by atoms with Crippen LogP contribution in [0.5, 0.6) is 0 Å². The Balaban J connectivity index is 2.64. The summed E-state index contributed by atoms with van der Waals surface area (Å²) in [6, 6.07) is 10.1. The van der Waals surface area contributed by atoms with Crippen LogP contribution in [0.25, 0.3) is 0 Å². The van der Waals surface area contributed by atoms with Crippen molar-refractivity contribution in [1.82, 2.24) is 0 Å². The second kappa shape index (κ2) is 5.72. The average molecular weight is 206 g/mol. The first-order valence-electron chi connectivity index (χ1n) is 4.93. The highest BCUT2D eigenvalue weighted by Gasteiger charge is 2.12. The summed E-state index contributed by atoms with van der Waals surface area (Å²) in [4.78, 5) is 0. The van der Waals surface area contributed by atoms with Crippen LogP contribution in [0.1, 0.15) is 25.0 Å². The van der Waals surface area contributed by atoms with Gasteiger partial charge in [0.2, 0.25) is 0 Å². The van der Waals surface area contributed by atoms with Crippen LogP contribution in [0.15, 0.2) is 24.3 Å². The van der Waals surface area contributed by atoms with E-state index in [1.165, 1.54) is 22.8 Å². The van der Waals surface area contributed by atoms with Gasteiger partial charge in [-0.25, -0.2) is 0 Å². The molecule has 0 aromatic heterocycles. The maximum atomic E-state index is 8.65. The van der Waals surface area contributed by atoms with Crippen molar-refractivity contribution in [2.45, 2.75) is 19.6 Å². The molecule has 2 heteroatoms. The molecule has 0 aliphatic heterocycles. The molecule has 0 bridgehead atoms. The van der Waals surface area contributed by atoms with Crippen LogP contribution in [-0.4, -0.2) is 11.5 Å². The predicted molar refractivity (Wildman–Crippen MR) is 63.3 cm³/mol. The number of benzene rings is 1. The third-order valence-corrected chi connectivity index (χ3v) is 4.64. The van der Waals surface area contributed by atoms with Crippen LogP contribution in [0.2, 0.25) is 0 Å². The van der Waals surface area contributed by atoms with E-state index in [2.05, 4.69) is 32.0 Å². The predicted octanol–water partition coefficient (Wildman–Crippen LogP) is 2.72. The Labute approximate surface area is 89.1 Å². The van der Waals surface area contributed by atoms with E-state index in [0.717, 1.165) is 5.56 Å². The molecule has 0 amide bonds. The van der Waals surface area contributed by atoms with Gasteiger partial charge in [0.25, 0.3) is 0 Å². The average Bonchev–Trinajstić information content (AvgIpc) is 2.26. The highest BCUT2D eigenvalue weighted by molar-refractivity contribution is 7.96. The molecule has 0 unspecified atom stereocenters. The van der Waals surface area contributed by atoms with E-state index in [1.807, 2.05) is 12.1 Å². The highest BCUT2D eigenvalue weighted by atomic mass is 32.2. The van der Waals surface area contributed by atoms with Crippen molar-refractivity contribution in [2.75, 3.05) is 11.5 Å². The number of hydrogen-bond donors (Lipinski definition) is 0. The lowest BCUT2D eigenvalue weighted by Gasteiger charge is -2.03. The first-order valence-corrected chi connectivity index (χ1v) is 6.66. The Kier molecular flexibility index (Phi) is 4.55. The van der Waals surface area contributed by atoms with Crippen molar-refractivity contribution >= 4 is 10.9 Å². The first kappa shape index (κ1) is 11.1. The zero-order valence-electron chi connectivity index (χ0n) is 8.79. The quantitative estimate of drug-likeness (QED) is 0.695. The molecule has 1 aromatic rings. The minimum Gasteiger partial charge on any atom is -0.192 e. The SMILES string of the molecule is CC[S+](CC)Cc1ccc(C#N)cc1. The van der Waals surface area contributed by atoms with Gasteiger partial charge in [-0.15, -0.1) is 0 Å². The molecule has 1 nitrogen and oxygen atoms in total. The Morgan fingerprint density at radius 2 is 1.71 bits per heavy atom. The van der Waals surface area contributed by atoms with Crippen LogP contribution >= 0.6 is 0 Å². The maximum absolute atomic E-state index is 8.65. The van der Waals surface area contributed by atoms with Crippen LogP contribution in [0, 0.1) is 11.3 Å². The topological polar surface area (TPSA) is 23.8 Å². The van der Waals surface area contributed by atoms with Crippen LogP contribution in [-0.2, 0) is 16.6 Å². The minimum atomic E-state index is 0.519. The molecule has 0 heterocycles. The Bertz CT molecular complexity index is 306. The summed E-state index contributed by atoms with van der Waals surface area (Å²) in [5.74, 6) is 3.69. The molecular weight excluding hydrogens is 190 g/mol. The first-order chi connectivity index (χ1) is 6.80. The Hall–Kier alpha value is -0.940. The van der Waals surface area contributed by atoms with E-state index in [-0.39, 0.29) is 0 Å². The van der Waals surface area contributed by atoms with Crippen molar-refractivity contribution < 1.29 is 0 Å². The fourth-order valence-electron chi connectivity index (χ4n) is 1.32. The normalized spacial score (nSPS) is 10.1. The second-order valence-electron chi connectivity index (χ2n) is 3.14. The standard InChI is InChI=1S/C12H16NS/c1-3-14(4-2)10-12-7-5-11(9-13)6-8-12/h5-8H,3-4,10H2,1-2H3/q+1. The van der Waals surface area contributed by atoms with Crippen molar-refractivity contribution in [3.05, 3.63) is 35.4 Å². The fraction of sp³-hybridized carbons (Fsp3) is 0.417. The molecule has 0 N–H and O–H groups in total. The summed E-state index contributed by atoms with van der Waals surface area (Å²) in [5, 5.41) is 8.65. The second-order valence-corrected chi connectivity index (χ2v) is 5.81. The highest BCUT2D eigenvalue weighted by Crippen LogP contribution is 2.10. The summed E-state index contributed by atoms with van der Waals surface area (Å²) in [6.07, 6.45) is 0. The molecule has 0 fully saturated rings. The molecule has 1 aromatic carbocycles. The number of hydrogen-bond acceptors (Lipinski definition) is 1. The molecule has 74 valence electrons. The van der Waals surface area contributed by atoms with Crippen molar-refractivity contribution in [1.29, 1.82) is 5.26 Å². The van der Waals surface area contributed by atoms with Gasteiger partial charge in [0, 0.05) is 5.56 Å². The molecule has 0 spiro atoms. The van der Waals surface area contributed by atoms with Gasteiger partial charge in [-0.2, -0.15) is 5.26 Å². The summed E-state index contributed by atoms with van der Waals surface area (Å²) in [7, 11) is 0.519. The molecule has 0 saturated heterocycles. The number of nitrogens with zero attached hydrogens (tertiary/aromatic N) is 1. The summed E-state index contributed by atoms with van der Waals surface area (Å²) < 4.78 is 0. The van der Waals surface area contributed by atoms with Gasteiger partial charge in [0.05, 0.1) is 11.6 Å². The zero-order valence-corrected chi connectivity index (χ0v) is 9.60. The Morgan fingerprint density at radius 1 is 1.14 bits per heavy atom. The molecular formula is C12H16NS+.